The van der Waals surface area contributed by atoms with Gasteiger partial charge in [-0.1, -0.05) is 11.6 Å². The van der Waals surface area contributed by atoms with Gasteiger partial charge in [0.2, 0.25) is 31.9 Å². The van der Waals surface area contributed by atoms with Crippen LogP contribution in [0.25, 0.3) is 6.08 Å². The zero-order valence-corrected chi connectivity index (χ0v) is 25.6. The Labute approximate surface area is 255 Å². The molecule has 2 aromatic rings. The van der Waals surface area contributed by atoms with E-state index in [2.05, 4.69) is 14.2 Å². The van der Waals surface area contributed by atoms with Crippen molar-refractivity contribution in [3.8, 4) is 5.75 Å². The van der Waals surface area contributed by atoms with Crippen molar-refractivity contribution in [2.75, 3.05) is 26.2 Å². The Balaban J connectivity index is 1.32. The van der Waals surface area contributed by atoms with Crippen LogP contribution in [0.4, 0.5) is 13.2 Å². The molecule has 2 N–H and O–H groups in total. The molecule has 236 valence electrons. The predicted molar refractivity (Wildman–Crippen MR) is 153 cm³/mol. The average Bonchev–Trinajstić information content (AvgIpc) is 3.57. The predicted octanol–water partition coefficient (Wildman–Crippen LogP) is 3.15. The van der Waals surface area contributed by atoms with Gasteiger partial charge in [0.05, 0.1) is 15.8 Å². The monoisotopic (exact) mass is 684 g/mol. The van der Waals surface area contributed by atoms with Gasteiger partial charge in [0, 0.05) is 36.0 Å². The van der Waals surface area contributed by atoms with Gasteiger partial charge < -0.3 is 14.5 Å². The first kappa shape index (κ1) is 33.2. The Bertz CT molecular complexity index is 1560. The number of piperidine rings is 1. The summed E-state index contributed by atoms with van der Waals surface area (Å²) in [4.78, 5) is 29.3. The molecule has 18 heteroatoms. The number of amides is 2. The van der Waals surface area contributed by atoms with Crippen molar-refractivity contribution in [1.82, 2.24) is 19.2 Å². The largest absolute Gasteiger partial charge is 0.573 e. The molecule has 0 unspecified atom stereocenters. The van der Waals surface area contributed by atoms with Crippen molar-refractivity contribution in [3.63, 3.8) is 0 Å². The molecule has 0 spiro atoms. The number of likely N-dealkylation sites (tertiary alicyclic amines) is 2. The lowest BCUT2D eigenvalue weighted by molar-refractivity contribution is -0.274. The molecule has 0 saturated carbocycles. The first-order chi connectivity index (χ1) is 20.1. The highest BCUT2D eigenvalue weighted by atomic mass is 35.5. The van der Waals surface area contributed by atoms with Crippen LogP contribution in [-0.4, -0.2) is 83.1 Å². The lowest BCUT2D eigenvalue weighted by atomic mass is 10.1. The second kappa shape index (κ2) is 13.5. The number of ether oxygens (including phenoxy) is 1. The summed E-state index contributed by atoms with van der Waals surface area (Å²) in [5.41, 5.74) is 0. The number of benzene rings is 1. The summed E-state index contributed by atoms with van der Waals surface area (Å²) >= 11 is 7.05. The molecule has 2 amide bonds. The van der Waals surface area contributed by atoms with E-state index >= 15 is 0 Å². The molecule has 3 heterocycles. The molecule has 43 heavy (non-hydrogen) atoms. The number of nitrogens with one attached hydrogen (secondary N) is 2. The minimum atomic E-state index is -4.91. The SMILES string of the molecule is O=C1[C@@H](NS(=O)(=O)/C=C/c2ccc(Cl)s2)CCCN1CC(=O)N1CCC[C@@H]1CNS(=O)(=O)c1ccc(OC(F)(F)F)cc1. The number of hydrogen-bond donors (Lipinski definition) is 2. The summed E-state index contributed by atoms with van der Waals surface area (Å²) in [6.07, 6.45) is -1.73. The van der Waals surface area contributed by atoms with E-state index in [4.69, 9.17) is 11.6 Å². The summed E-state index contributed by atoms with van der Waals surface area (Å²) in [5, 5.41) is 0.951. The fraction of sp³-hybridized carbons (Fsp3) is 0.440. The van der Waals surface area contributed by atoms with Crippen molar-refractivity contribution in [2.24, 2.45) is 0 Å². The summed E-state index contributed by atoms with van der Waals surface area (Å²) < 4.78 is 96.6. The van der Waals surface area contributed by atoms with Crippen LogP contribution in [-0.2, 0) is 29.6 Å². The van der Waals surface area contributed by atoms with Crippen LogP contribution in [0, 0.1) is 0 Å². The van der Waals surface area contributed by atoms with E-state index < -0.39 is 56.1 Å². The lowest BCUT2D eigenvalue weighted by Crippen LogP contribution is -2.55. The van der Waals surface area contributed by atoms with Crippen molar-refractivity contribution in [3.05, 3.63) is 51.0 Å². The third-order valence-corrected chi connectivity index (χ3v) is 10.5. The molecular formula is C25H28ClF3N4O7S3. The minimum absolute atomic E-state index is 0.146. The van der Waals surface area contributed by atoms with Crippen molar-refractivity contribution in [2.45, 2.75) is 49.0 Å². The second-order valence-electron chi connectivity index (χ2n) is 9.82. The molecule has 11 nitrogen and oxygen atoms in total. The van der Waals surface area contributed by atoms with Crippen molar-refractivity contribution in [1.29, 1.82) is 0 Å². The lowest BCUT2D eigenvalue weighted by Gasteiger charge is -2.34. The highest BCUT2D eigenvalue weighted by molar-refractivity contribution is 7.92. The summed E-state index contributed by atoms with van der Waals surface area (Å²) in [6, 6.07) is 5.44. The van der Waals surface area contributed by atoms with Crippen LogP contribution >= 0.6 is 22.9 Å². The smallest absolute Gasteiger partial charge is 0.406 e. The van der Waals surface area contributed by atoms with Crippen LogP contribution in [0.2, 0.25) is 4.34 Å². The molecule has 2 saturated heterocycles. The second-order valence-corrected chi connectivity index (χ2v) is 14.9. The zero-order chi connectivity index (χ0) is 31.4. The fourth-order valence-electron chi connectivity index (χ4n) is 4.76. The number of carbonyl (C=O) groups is 2. The number of rotatable bonds is 11. The Morgan fingerprint density at radius 2 is 1.77 bits per heavy atom. The highest BCUT2D eigenvalue weighted by Gasteiger charge is 2.36. The van der Waals surface area contributed by atoms with Gasteiger partial charge in [0.25, 0.3) is 0 Å². The van der Waals surface area contributed by atoms with Gasteiger partial charge in [-0.05, 0) is 68.2 Å². The Kier molecular flexibility index (Phi) is 10.4. The van der Waals surface area contributed by atoms with Crippen LogP contribution in [0.3, 0.4) is 0 Å². The van der Waals surface area contributed by atoms with E-state index in [0.29, 0.717) is 35.0 Å². The van der Waals surface area contributed by atoms with E-state index in [9.17, 15) is 39.6 Å². The van der Waals surface area contributed by atoms with Gasteiger partial charge in [-0.25, -0.2) is 21.6 Å². The maximum atomic E-state index is 13.2. The molecule has 4 rings (SSSR count). The van der Waals surface area contributed by atoms with Gasteiger partial charge in [0.15, 0.2) is 0 Å². The fourth-order valence-corrected chi connectivity index (χ4v) is 7.90. The Morgan fingerprint density at radius 1 is 1.07 bits per heavy atom. The van der Waals surface area contributed by atoms with Gasteiger partial charge >= 0.3 is 6.36 Å². The number of thiophene rings is 1. The summed E-state index contributed by atoms with van der Waals surface area (Å²) in [7, 11) is -8.07. The number of sulfonamides is 2. The molecular weight excluding hydrogens is 657 g/mol. The number of nitrogens with zero attached hydrogens (tertiary/aromatic N) is 2. The number of hydrogen-bond acceptors (Lipinski definition) is 8. The maximum Gasteiger partial charge on any atom is 0.573 e. The molecule has 1 aromatic heterocycles. The Morgan fingerprint density at radius 3 is 2.42 bits per heavy atom. The van der Waals surface area contributed by atoms with Crippen LogP contribution in [0.15, 0.2) is 46.7 Å². The third-order valence-electron chi connectivity index (χ3n) is 6.74. The molecule has 2 aliphatic heterocycles. The Hall–Kier alpha value is -2.70. The average molecular weight is 685 g/mol. The molecule has 2 fully saturated rings. The molecule has 0 aliphatic carbocycles. The maximum absolute atomic E-state index is 13.2. The first-order valence-electron chi connectivity index (χ1n) is 13.0. The van der Waals surface area contributed by atoms with Gasteiger partial charge in [0.1, 0.15) is 11.8 Å². The normalized spacial score (nSPS) is 20.2. The van der Waals surface area contributed by atoms with Gasteiger partial charge in [-0.15, -0.1) is 24.5 Å². The van der Waals surface area contributed by atoms with Crippen LogP contribution in [0.1, 0.15) is 30.6 Å². The topological polar surface area (TPSA) is 142 Å². The van der Waals surface area contributed by atoms with Gasteiger partial charge in [-0.2, -0.15) is 4.72 Å². The van der Waals surface area contributed by atoms with E-state index in [1.54, 1.807) is 12.1 Å². The van der Waals surface area contributed by atoms with E-state index in [0.717, 1.165) is 29.7 Å². The van der Waals surface area contributed by atoms with Crippen molar-refractivity contribution < 1.29 is 44.3 Å². The number of alkyl halides is 3. The van der Waals surface area contributed by atoms with E-state index in [1.807, 2.05) is 0 Å². The molecule has 2 aliphatic rings. The van der Waals surface area contributed by atoms with Crippen molar-refractivity contribution >= 4 is 60.9 Å². The summed E-state index contributed by atoms with van der Waals surface area (Å²) in [6.45, 7) is 0.146. The number of carbonyl (C=O) groups excluding carboxylic acids is 2. The molecule has 2 atom stereocenters. The first-order valence-corrected chi connectivity index (χ1v) is 17.2. The summed E-state index contributed by atoms with van der Waals surface area (Å²) in [5.74, 6) is -1.52. The van der Waals surface area contributed by atoms with E-state index in [1.165, 1.54) is 27.2 Å². The zero-order valence-electron chi connectivity index (χ0n) is 22.4. The third kappa shape index (κ3) is 9.39. The quantitative estimate of drug-likeness (QED) is 0.370. The highest BCUT2D eigenvalue weighted by Crippen LogP contribution is 2.25. The molecule has 0 bridgehead atoms. The van der Waals surface area contributed by atoms with E-state index in [-0.39, 0.29) is 31.0 Å². The molecule has 1 aromatic carbocycles. The van der Waals surface area contributed by atoms with Gasteiger partial charge in [-0.3, -0.25) is 9.59 Å². The van der Waals surface area contributed by atoms with Crippen LogP contribution < -0.4 is 14.2 Å². The minimum Gasteiger partial charge on any atom is -0.406 e. The number of halogens is 4. The standard InChI is InChI=1S/C25H28ClF3N4O7S3/c26-22-10-7-19(41-22)11-14-42(36,37)31-21-4-2-12-32(24(21)35)16-23(34)33-13-1-3-17(33)15-30-43(38,39)20-8-5-18(6-9-20)40-25(27,28)29/h5-11,14,17,21,30-31H,1-4,12-13,15-16H2/b14-11+/t17-,21+/m1/s1. The molecule has 0 radical (unpaired) electrons. The van der Waals surface area contributed by atoms with Crippen LogP contribution in [0.5, 0.6) is 5.75 Å².